The van der Waals surface area contributed by atoms with Crippen LogP contribution in [0.2, 0.25) is 0 Å². The molecule has 10 aromatic carbocycles. The summed E-state index contributed by atoms with van der Waals surface area (Å²) in [6.45, 7) is 0. The molecule has 0 aliphatic heterocycles. The summed E-state index contributed by atoms with van der Waals surface area (Å²) in [5, 5.41) is 4.48. The van der Waals surface area contributed by atoms with E-state index in [-0.39, 0.29) is 0 Å². The van der Waals surface area contributed by atoms with Crippen LogP contribution < -0.4 is 4.90 Å². The van der Waals surface area contributed by atoms with Crippen molar-refractivity contribution in [1.29, 1.82) is 0 Å². The van der Waals surface area contributed by atoms with Crippen LogP contribution >= 0.6 is 0 Å². The molecule has 2 heteroatoms. The second-order valence-corrected chi connectivity index (χ2v) is 15.3. The van der Waals surface area contributed by atoms with Crippen molar-refractivity contribution in [3.8, 4) is 55.6 Å². The maximum atomic E-state index is 7.02. The van der Waals surface area contributed by atoms with Gasteiger partial charge >= 0.3 is 0 Å². The molecule has 0 aliphatic carbocycles. The molecule has 0 saturated carbocycles. The van der Waals surface area contributed by atoms with E-state index in [0.717, 1.165) is 77.6 Å². The number of fused-ring (bicyclic) bond motifs is 5. The quantitative estimate of drug-likeness (QED) is 0.153. The van der Waals surface area contributed by atoms with E-state index in [1.807, 2.05) is 0 Å². The second-order valence-electron chi connectivity index (χ2n) is 15.3. The van der Waals surface area contributed by atoms with Gasteiger partial charge in [-0.3, -0.25) is 0 Å². The largest absolute Gasteiger partial charge is 0.455 e. The van der Waals surface area contributed by atoms with Crippen LogP contribution in [0.1, 0.15) is 0 Å². The first-order valence-electron chi connectivity index (χ1n) is 20.5. The van der Waals surface area contributed by atoms with Gasteiger partial charge in [0.25, 0.3) is 0 Å². The normalized spacial score (nSPS) is 11.3. The van der Waals surface area contributed by atoms with Crippen LogP contribution in [0.3, 0.4) is 0 Å². The Balaban J connectivity index is 1.04. The van der Waals surface area contributed by atoms with Crippen molar-refractivity contribution in [1.82, 2.24) is 0 Å². The predicted molar refractivity (Wildman–Crippen MR) is 253 cm³/mol. The summed E-state index contributed by atoms with van der Waals surface area (Å²) >= 11 is 0. The molecular weight excluding hydrogens is 727 g/mol. The van der Waals surface area contributed by atoms with Crippen LogP contribution in [0.25, 0.3) is 88.3 Å². The van der Waals surface area contributed by atoms with E-state index >= 15 is 0 Å². The summed E-state index contributed by atoms with van der Waals surface area (Å²) in [7, 11) is 0. The third-order valence-corrected chi connectivity index (χ3v) is 11.7. The molecule has 0 spiro atoms. The fraction of sp³-hybridized carbons (Fsp3) is 0. The maximum absolute atomic E-state index is 7.02. The minimum atomic E-state index is 0.905. The van der Waals surface area contributed by atoms with Crippen molar-refractivity contribution in [2.75, 3.05) is 4.90 Å². The van der Waals surface area contributed by atoms with E-state index in [0.29, 0.717) is 0 Å². The van der Waals surface area contributed by atoms with Crippen molar-refractivity contribution in [3.63, 3.8) is 0 Å². The third-order valence-electron chi connectivity index (χ3n) is 11.7. The van der Waals surface area contributed by atoms with Crippen molar-refractivity contribution in [3.05, 3.63) is 237 Å². The van der Waals surface area contributed by atoms with Gasteiger partial charge in [-0.2, -0.15) is 0 Å². The molecule has 0 radical (unpaired) electrons. The van der Waals surface area contributed by atoms with Crippen LogP contribution in [-0.2, 0) is 0 Å². The molecule has 0 unspecified atom stereocenters. The molecule has 1 aromatic heterocycles. The van der Waals surface area contributed by atoms with Crippen molar-refractivity contribution < 1.29 is 4.42 Å². The first-order chi connectivity index (χ1) is 29.8. The number of rotatable bonds is 8. The summed E-state index contributed by atoms with van der Waals surface area (Å²) in [4.78, 5) is 2.34. The summed E-state index contributed by atoms with van der Waals surface area (Å²) in [5.74, 6) is 0. The zero-order valence-electron chi connectivity index (χ0n) is 32.9. The van der Waals surface area contributed by atoms with Gasteiger partial charge in [0.15, 0.2) is 0 Å². The van der Waals surface area contributed by atoms with Crippen LogP contribution in [-0.4, -0.2) is 0 Å². The Kier molecular flexibility index (Phi) is 8.87. The number of hydrogen-bond donors (Lipinski definition) is 0. The minimum absolute atomic E-state index is 0.905. The zero-order valence-corrected chi connectivity index (χ0v) is 32.9. The molecule has 0 saturated heterocycles. The smallest absolute Gasteiger partial charge is 0.143 e. The van der Waals surface area contributed by atoms with Crippen LogP contribution in [0.5, 0.6) is 0 Å². The van der Waals surface area contributed by atoms with Gasteiger partial charge in [-0.25, -0.2) is 0 Å². The fourth-order valence-electron chi connectivity index (χ4n) is 8.75. The van der Waals surface area contributed by atoms with E-state index < -0.39 is 0 Å². The molecule has 0 atom stereocenters. The Hall–Kier alpha value is -7.94. The van der Waals surface area contributed by atoms with Crippen LogP contribution in [0.15, 0.2) is 241 Å². The van der Waals surface area contributed by atoms with Gasteiger partial charge in [0.1, 0.15) is 11.2 Å². The molecule has 0 fully saturated rings. The summed E-state index contributed by atoms with van der Waals surface area (Å²) in [6.07, 6.45) is 0. The maximum Gasteiger partial charge on any atom is 0.143 e. The van der Waals surface area contributed by atoms with E-state index in [1.54, 1.807) is 0 Å². The van der Waals surface area contributed by atoms with E-state index in [9.17, 15) is 0 Å². The predicted octanol–water partition coefficient (Wildman–Crippen LogP) is 16.5. The number of anilines is 3. The topological polar surface area (TPSA) is 16.4 Å². The lowest BCUT2D eigenvalue weighted by atomic mass is 9.91. The Bertz CT molecular complexity index is 3160. The molecule has 0 aliphatic rings. The first kappa shape index (κ1) is 35.2. The average Bonchev–Trinajstić information content (AvgIpc) is 3.72. The zero-order chi connectivity index (χ0) is 39.8. The van der Waals surface area contributed by atoms with Gasteiger partial charge < -0.3 is 9.32 Å². The van der Waals surface area contributed by atoms with Crippen molar-refractivity contribution in [2.24, 2.45) is 0 Å². The molecule has 1 heterocycles. The minimum Gasteiger partial charge on any atom is -0.455 e. The lowest BCUT2D eigenvalue weighted by Gasteiger charge is -2.26. The first-order valence-corrected chi connectivity index (χ1v) is 20.5. The molecule has 11 aromatic rings. The van der Waals surface area contributed by atoms with Crippen molar-refractivity contribution in [2.45, 2.75) is 0 Å². The summed E-state index contributed by atoms with van der Waals surface area (Å²) in [6, 6.07) is 84.6. The molecule has 0 N–H and O–H groups in total. The number of nitrogens with zero attached hydrogens (tertiary/aromatic N) is 1. The van der Waals surface area contributed by atoms with Crippen LogP contribution in [0, 0.1) is 0 Å². The van der Waals surface area contributed by atoms with Gasteiger partial charge in [0.2, 0.25) is 0 Å². The van der Waals surface area contributed by atoms with Gasteiger partial charge in [-0.05, 0) is 104 Å². The number of benzene rings is 10. The van der Waals surface area contributed by atoms with E-state index in [1.165, 1.54) is 27.8 Å². The highest BCUT2D eigenvalue weighted by atomic mass is 16.3. The number of hydrogen-bond acceptors (Lipinski definition) is 2. The van der Waals surface area contributed by atoms with Crippen LogP contribution in [0.4, 0.5) is 17.1 Å². The summed E-state index contributed by atoms with van der Waals surface area (Å²) in [5.41, 5.74) is 16.8. The lowest BCUT2D eigenvalue weighted by Crippen LogP contribution is -2.09. The summed E-state index contributed by atoms with van der Waals surface area (Å²) < 4.78 is 7.02. The number of furan rings is 1. The molecule has 2 nitrogen and oxygen atoms in total. The SMILES string of the molecule is c1ccc(-c2ccc(N(c3ccc(-c4ccccc4)cc3)c3ccc(-c4cc5c6ccc(-c7ccccc7)c(-c7ccccc7)c6oc5c5ccccc45)cc3)cc2)cc1. The lowest BCUT2D eigenvalue weighted by molar-refractivity contribution is 0.674. The van der Waals surface area contributed by atoms with Gasteiger partial charge in [-0.1, -0.05) is 188 Å². The Morgan fingerprint density at radius 1 is 0.250 bits per heavy atom. The van der Waals surface area contributed by atoms with Gasteiger partial charge in [0, 0.05) is 38.8 Å². The standard InChI is InChI=1S/C58H39NO/c1-5-15-40(16-6-1)42-25-31-47(32-26-42)59(48-33-27-43(28-34-48)41-17-7-2-8-18-41)49-35-29-45(30-36-49)54-39-55-53-38-37-50(44-19-9-3-10-20-44)56(46-21-11-4-12-22-46)58(53)60-57(55)52-24-14-13-23-51(52)54/h1-39H. The molecule has 282 valence electrons. The van der Waals surface area contributed by atoms with E-state index in [4.69, 9.17) is 4.42 Å². The second kappa shape index (κ2) is 15.1. The highest BCUT2D eigenvalue weighted by Crippen LogP contribution is 2.46. The highest BCUT2D eigenvalue weighted by Gasteiger charge is 2.21. The van der Waals surface area contributed by atoms with Gasteiger partial charge in [-0.15, -0.1) is 0 Å². The molecule has 11 rings (SSSR count). The third kappa shape index (κ3) is 6.32. The Morgan fingerprint density at radius 2 is 0.633 bits per heavy atom. The molecular formula is C58H39NO. The fourth-order valence-corrected chi connectivity index (χ4v) is 8.75. The average molecular weight is 766 g/mol. The van der Waals surface area contributed by atoms with Gasteiger partial charge in [0.05, 0.1) is 0 Å². The molecule has 0 bridgehead atoms. The van der Waals surface area contributed by atoms with Crippen molar-refractivity contribution >= 4 is 49.8 Å². The Morgan fingerprint density at radius 3 is 1.15 bits per heavy atom. The monoisotopic (exact) mass is 765 g/mol. The molecule has 0 amide bonds. The molecule has 60 heavy (non-hydrogen) atoms. The van der Waals surface area contributed by atoms with E-state index in [2.05, 4.69) is 241 Å². The Labute approximate surface area is 349 Å². The highest BCUT2D eigenvalue weighted by molar-refractivity contribution is 6.21.